The SMILES string of the molecule is CC(=O)NC[C@H]1CN(c2cc(F)c(N3CCNNCC3)c(F)c2)C(=O)O1. The molecule has 2 amide bonds. The van der Waals surface area contributed by atoms with Crippen LogP contribution >= 0.6 is 0 Å². The molecule has 0 saturated carbocycles. The van der Waals surface area contributed by atoms with Gasteiger partial charge in [0.15, 0.2) is 11.6 Å². The van der Waals surface area contributed by atoms with E-state index in [4.69, 9.17) is 4.74 Å². The van der Waals surface area contributed by atoms with E-state index in [1.54, 1.807) is 4.90 Å². The summed E-state index contributed by atoms with van der Waals surface area (Å²) < 4.78 is 34.3. The van der Waals surface area contributed by atoms with E-state index in [2.05, 4.69) is 16.2 Å². The van der Waals surface area contributed by atoms with Crippen molar-refractivity contribution >= 4 is 23.4 Å². The van der Waals surface area contributed by atoms with Crippen molar-refractivity contribution in [3.05, 3.63) is 23.8 Å². The van der Waals surface area contributed by atoms with Gasteiger partial charge in [-0.25, -0.2) is 13.6 Å². The normalized spacial score (nSPS) is 20.7. The number of nitrogens with zero attached hydrogens (tertiary/aromatic N) is 2. The first-order chi connectivity index (χ1) is 12.5. The Balaban J connectivity index is 1.77. The van der Waals surface area contributed by atoms with E-state index in [1.165, 1.54) is 6.92 Å². The Kier molecular flexibility index (Phi) is 5.52. The number of hydrazine groups is 1. The molecule has 0 radical (unpaired) electrons. The van der Waals surface area contributed by atoms with E-state index in [9.17, 15) is 18.4 Å². The molecule has 2 fully saturated rings. The van der Waals surface area contributed by atoms with Gasteiger partial charge in [0.25, 0.3) is 0 Å². The zero-order valence-corrected chi connectivity index (χ0v) is 14.3. The number of ether oxygens (including phenoxy) is 1. The Morgan fingerprint density at radius 1 is 1.27 bits per heavy atom. The summed E-state index contributed by atoms with van der Waals surface area (Å²) in [7, 11) is 0. The number of cyclic esters (lactones) is 1. The number of carbonyl (C=O) groups excluding carboxylic acids is 2. The second-order valence-electron chi connectivity index (χ2n) is 6.15. The van der Waals surface area contributed by atoms with Gasteiger partial charge in [0.1, 0.15) is 11.8 Å². The van der Waals surface area contributed by atoms with Crippen LogP contribution in [0.2, 0.25) is 0 Å². The number of anilines is 2. The van der Waals surface area contributed by atoms with Crippen molar-refractivity contribution in [1.29, 1.82) is 0 Å². The topological polar surface area (TPSA) is 85.9 Å². The molecular formula is C16H21F2N5O3. The van der Waals surface area contributed by atoms with E-state index in [-0.39, 0.29) is 30.4 Å². The summed E-state index contributed by atoms with van der Waals surface area (Å²) in [6, 6.07) is 2.26. The van der Waals surface area contributed by atoms with Gasteiger partial charge < -0.3 is 15.0 Å². The molecule has 0 unspecified atom stereocenters. The lowest BCUT2D eigenvalue weighted by Gasteiger charge is -2.24. The molecule has 1 aromatic rings. The molecule has 3 rings (SSSR count). The number of halogens is 2. The van der Waals surface area contributed by atoms with Crippen molar-refractivity contribution in [3.8, 4) is 0 Å². The summed E-state index contributed by atoms with van der Waals surface area (Å²) in [5.74, 6) is -1.72. The Morgan fingerprint density at radius 3 is 2.46 bits per heavy atom. The van der Waals surface area contributed by atoms with Crippen LogP contribution in [0.5, 0.6) is 0 Å². The molecule has 10 heteroatoms. The third-order valence-electron chi connectivity index (χ3n) is 4.22. The Hall–Kier alpha value is -2.46. The summed E-state index contributed by atoms with van der Waals surface area (Å²) in [4.78, 5) is 25.7. The maximum Gasteiger partial charge on any atom is 0.414 e. The molecule has 3 N–H and O–H groups in total. The highest BCUT2D eigenvalue weighted by Gasteiger charge is 2.33. The predicted octanol–water partition coefficient (Wildman–Crippen LogP) is 0.340. The van der Waals surface area contributed by atoms with Gasteiger partial charge in [-0.15, -0.1) is 0 Å². The number of rotatable bonds is 4. The highest BCUT2D eigenvalue weighted by atomic mass is 19.1. The molecule has 26 heavy (non-hydrogen) atoms. The second kappa shape index (κ2) is 7.83. The zero-order valence-electron chi connectivity index (χ0n) is 14.3. The molecule has 2 aliphatic heterocycles. The highest BCUT2D eigenvalue weighted by molar-refractivity contribution is 5.90. The molecule has 8 nitrogen and oxygen atoms in total. The number of amides is 2. The first-order valence-electron chi connectivity index (χ1n) is 8.38. The minimum Gasteiger partial charge on any atom is -0.442 e. The standard InChI is InChI=1S/C16H21F2N5O3/c1-10(24)19-8-12-9-23(16(25)26-12)11-6-13(17)15(14(18)7-11)22-4-2-20-21-3-5-22/h6-7,12,20-21H,2-5,8-9H2,1H3,(H,19,24)/t12-/m0/s1. The highest BCUT2D eigenvalue weighted by Crippen LogP contribution is 2.31. The van der Waals surface area contributed by atoms with Gasteiger partial charge in [0.05, 0.1) is 18.8 Å². The smallest absolute Gasteiger partial charge is 0.414 e. The maximum absolute atomic E-state index is 14.6. The van der Waals surface area contributed by atoms with Crippen LogP contribution in [0.15, 0.2) is 12.1 Å². The van der Waals surface area contributed by atoms with Gasteiger partial charge in [-0.05, 0) is 0 Å². The molecule has 2 aliphatic rings. The molecule has 142 valence electrons. The van der Waals surface area contributed by atoms with E-state index in [1.807, 2.05) is 0 Å². The second-order valence-corrected chi connectivity index (χ2v) is 6.15. The lowest BCUT2D eigenvalue weighted by atomic mass is 10.2. The quantitative estimate of drug-likeness (QED) is 0.710. The van der Waals surface area contributed by atoms with Gasteiger partial charge in [0, 0.05) is 45.2 Å². The van der Waals surface area contributed by atoms with Gasteiger partial charge in [-0.3, -0.25) is 20.5 Å². The van der Waals surface area contributed by atoms with Gasteiger partial charge in [-0.1, -0.05) is 0 Å². The third-order valence-corrected chi connectivity index (χ3v) is 4.22. The number of hydrogen-bond acceptors (Lipinski definition) is 6. The van der Waals surface area contributed by atoms with Gasteiger partial charge >= 0.3 is 6.09 Å². The van der Waals surface area contributed by atoms with Crippen LogP contribution in [-0.4, -0.2) is 57.4 Å². The number of hydrogen-bond donors (Lipinski definition) is 3. The first-order valence-corrected chi connectivity index (χ1v) is 8.38. The fourth-order valence-electron chi connectivity index (χ4n) is 3.00. The molecule has 0 spiro atoms. The fourth-order valence-corrected chi connectivity index (χ4v) is 3.00. The Labute approximate surface area is 149 Å². The summed E-state index contributed by atoms with van der Waals surface area (Å²) >= 11 is 0. The summed E-state index contributed by atoms with van der Waals surface area (Å²) in [5, 5.41) is 2.55. The number of benzene rings is 1. The summed E-state index contributed by atoms with van der Waals surface area (Å²) in [5.41, 5.74) is 5.85. The van der Waals surface area contributed by atoms with Crippen molar-refractivity contribution in [1.82, 2.24) is 16.2 Å². The van der Waals surface area contributed by atoms with Crippen LogP contribution < -0.4 is 26.0 Å². The van der Waals surface area contributed by atoms with Crippen LogP contribution in [0.1, 0.15) is 6.92 Å². The number of nitrogens with one attached hydrogen (secondary N) is 3. The van der Waals surface area contributed by atoms with Crippen LogP contribution in [0.3, 0.4) is 0 Å². The fraction of sp³-hybridized carbons (Fsp3) is 0.500. The third kappa shape index (κ3) is 4.02. The van der Waals surface area contributed by atoms with Gasteiger partial charge in [-0.2, -0.15) is 0 Å². The Bertz CT molecular complexity index is 671. The average Bonchev–Trinajstić information content (AvgIpc) is 2.77. The van der Waals surface area contributed by atoms with Crippen LogP contribution in [0, 0.1) is 11.6 Å². The van der Waals surface area contributed by atoms with Crippen molar-refractivity contribution in [2.24, 2.45) is 0 Å². The Morgan fingerprint density at radius 2 is 1.88 bits per heavy atom. The summed E-state index contributed by atoms with van der Waals surface area (Å²) in [6.07, 6.45) is -1.27. The van der Waals surface area contributed by atoms with E-state index < -0.39 is 23.8 Å². The lowest BCUT2D eigenvalue weighted by Crippen LogP contribution is -2.33. The molecule has 2 saturated heterocycles. The average molecular weight is 369 g/mol. The van der Waals surface area contributed by atoms with E-state index in [0.29, 0.717) is 26.2 Å². The molecule has 0 aromatic heterocycles. The van der Waals surface area contributed by atoms with Crippen LogP contribution in [0.4, 0.5) is 25.0 Å². The van der Waals surface area contributed by atoms with Crippen molar-refractivity contribution in [2.75, 3.05) is 49.1 Å². The van der Waals surface area contributed by atoms with Crippen molar-refractivity contribution < 1.29 is 23.1 Å². The molecule has 2 heterocycles. The molecular weight excluding hydrogens is 348 g/mol. The maximum atomic E-state index is 14.6. The molecule has 0 bridgehead atoms. The molecule has 1 atom stereocenters. The zero-order chi connectivity index (χ0) is 18.7. The van der Waals surface area contributed by atoms with Crippen LogP contribution in [-0.2, 0) is 9.53 Å². The van der Waals surface area contributed by atoms with Gasteiger partial charge in [0.2, 0.25) is 5.91 Å². The predicted molar refractivity (Wildman–Crippen MR) is 90.9 cm³/mol. The van der Waals surface area contributed by atoms with E-state index >= 15 is 0 Å². The van der Waals surface area contributed by atoms with Crippen molar-refractivity contribution in [3.63, 3.8) is 0 Å². The lowest BCUT2D eigenvalue weighted by molar-refractivity contribution is -0.119. The first kappa shape index (κ1) is 18.3. The number of carbonyl (C=O) groups is 2. The van der Waals surface area contributed by atoms with Crippen LogP contribution in [0.25, 0.3) is 0 Å². The minimum absolute atomic E-state index is 0.0881. The minimum atomic E-state index is -0.736. The molecule has 0 aliphatic carbocycles. The largest absolute Gasteiger partial charge is 0.442 e. The van der Waals surface area contributed by atoms with Crippen molar-refractivity contribution in [2.45, 2.75) is 13.0 Å². The summed E-state index contributed by atoms with van der Waals surface area (Å²) in [6.45, 7) is 3.60. The molecule has 1 aromatic carbocycles. The monoisotopic (exact) mass is 369 g/mol. The van der Waals surface area contributed by atoms with E-state index in [0.717, 1.165) is 17.0 Å².